The fourth-order valence-corrected chi connectivity index (χ4v) is 1.83. The quantitative estimate of drug-likeness (QED) is 0.740. The van der Waals surface area contributed by atoms with E-state index in [-0.39, 0.29) is 29.8 Å². The van der Waals surface area contributed by atoms with Gasteiger partial charge in [-0.2, -0.15) is 0 Å². The Morgan fingerprint density at radius 1 is 1.10 bits per heavy atom. The van der Waals surface area contributed by atoms with E-state index in [0.717, 1.165) is 5.56 Å². The van der Waals surface area contributed by atoms with Crippen molar-refractivity contribution in [1.29, 1.82) is 0 Å². The first-order valence-electron chi connectivity index (χ1n) is 7.12. The second kappa shape index (κ2) is 7.78. The van der Waals surface area contributed by atoms with E-state index in [2.05, 4.69) is 10.6 Å². The van der Waals surface area contributed by atoms with Gasteiger partial charge in [-0.25, -0.2) is 0 Å². The lowest BCUT2D eigenvalue weighted by atomic mass is 9.92. The Bertz CT molecular complexity index is 466. The number of nitrogens with two attached hydrogens (primary N) is 1. The van der Waals surface area contributed by atoms with E-state index >= 15 is 0 Å². The predicted octanol–water partition coefficient (Wildman–Crippen LogP) is 1.36. The second-order valence-corrected chi connectivity index (χ2v) is 6.34. The highest BCUT2D eigenvalue weighted by Gasteiger charge is 2.16. The van der Waals surface area contributed by atoms with E-state index < -0.39 is 0 Å². The zero-order valence-corrected chi connectivity index (χ0v) is 13.0. The van der Waals surface area contributed by atoms with Gasteiger partial charge >= 0.3 is 0 Å². The predicted molar refractivity (Wildman–Crippen MR) is 83.5 cm³/mol. The largest absolute Gasteiger partial charge is 0.353 e. The van der Waals surface area contributed by atoms with Crippen LogP contribution in [-0.2, 0) is 9.59 Å². The van der Waals surface area contributed by atoms with Crippen molar-refractivity contribution in [2.75, 3.05) is 13.1 Å². The molecule has 0 spiro atoms. The van der Waals surface area contributed by atoms with E-state index in [0.29, 0.717) is 13.0 Å². The van der Waals surface area contributed by atoms with Gasteiger partial charge in [0.05, 0.1) is 6.54 Å². The summed E-state index contributed by atoms with van der Waals surface area (Å²) in [6.45, 7) is 6.26. The maximum absolute atomic E-state index is 11.7. The van der Waals surface area contributed by atoms with Crippen molar-refractivity contribution in [3.63, 3.8) is 0 Å². The van der Waals surface area contributed by atoms with Crippen LogP contribution in [0.3, 0.4) is 0 Å². The molecule has 0 aliphatic carbocycles. The third-order valence-electron chi connectivity index (χ3n) is 2.88. The Labute approximate surface area is 126 Å². The lowest BCUT2D eigenvalue weighted by Crippen LogP contribution is -2.40. The molecule has 0 aromatic heterocycles. The summed E-state index contributed by atoms with van der Waals surface area (Å²) in [4.78, 5) is 23.3. The molecule has 4 N–H and O–H groups in total. The highest BCUT2D eigenvalue weighted by molar-refractivity contribution is 5.84. The SMILES string of the molecule is CC(C)(C)CC(=O)NCC(=O)NCC(N)c1ccccc1. The van der Waals surface area contributed by atoms with Crippen molar-refractivity contribution in [3.8, 4) is 0 Å². The highest BCUT2D eigenvalue weighted by atomic mass is 16.2. The van der Waals surface area contributed by atoms with Crippen molar-refractivity contribution in [2.24, 2.45) is 11.1 Å². The lowest BCUT2D eigenvalue weighted by Gasteiger charge is -2.17. The lowest BCUT2D eigenvalue weighted by molar-refractivity contribution is -0.127. The number of amides is 2. The van der Waals surface area contributed by atoms with Crippen molar-refractivity contribution >= 4 is 11.8 Å². The first kappa shape index (κ1) is 17.2. The minimum absolute atomic E-state index is 0.0174. The van der Waals surface area contributed by atoms with Crippen LogP contribution in [0.5, 0.6) is 0 Å². The summed E-state index contributed by atoms with van der Waals surface area (Å²) in [5.74, 6) is -0.353. The molecule has 0 fully saturated rings. The van der Waals surface area contributed by atoms with Crippen molar-refractivity contribution in [2.45, 2.75) is 33.2 Å². The van der Waals surface area contributed by atoms with Crippen molar-refractivity contribution < 1.29 is 9.59 Å². The third-order valence-corrected chi connectivity index (χ3v) is 2.88. The summed E-state index contributed by atoms with van der Waals surface area (Å²) in [6, 6.07) is 9.32. The Kier molecular flexibility index (Phi) is 6.37. The number of carbonyl (C=O) groups excluding carboxylic acids is 2. The van der Waals surface area contributed by atoms with Crippen LogP contribution in [0.15, 0.2) is 30.3 Å². The molecule has 0 saturated heterocycles. The van der Waals surface area contributed by atoms with Crippen LogP contribution in [-0.4, -0.2) is 24.9 Å². The fraction of sp³-hybridized carbons (Fsp3) is 0.500. The molecule has 0 aliphatic heterocycles. The highest BCUT2D eigenvalue weighted by Crippen LogP contribution is 2.17. The van der Waals surface area contributed by atoms with Gasteiger partial charge in [0.15, 0.2) is 0 Å². The van der Waals surface area contributed by atoms with E-state index in [4.69, 9.17) is 5.73 Å². The van der Waals surface area contributed by atoms with Crippen LogP contribution in [0.1, 0.15) is 38.8 Å². The summed E-state index contributed by atoms with van der Waals surface area (Å²) in [5.41, 5.74) is 6.86. The van der Waals surface area contributed by atoms with Gasteiger partial charge in [-0.15, -0.1) is 0 Å². The average Bonchev–Trinajstić information content (AvgIpc) is 2.41. The summed E-state index contributed by atoms with van der Waals surface area (Å²) < 4.78 is 0. The molecule has 0 bridgehead atoms. The maximum Gasteiger partial charge on any atom is 0.239 e. The monoisotopic (exact) mass is 291 g/mol. The summed E-state index contributed by atoms with van der Waals surface area (Å²) in [6.07, 6.45) is 0.393. The number of carbonyl (C=O) groups is 2. The number of nitrogens with one attached hydrogen (secondary N) is 2. The third kappa shape index (κ3) is 7.46. The summed E-state index contributed by atoms with van der Waals surface area (Å²) in [5, 5.41) is 5.33. The zero-order valence-electron chi connectivity index (χ0n) is 13.0. The molecule has 0 saturated carbocycles. The number of benzene rings is 1. The van der Waals surface area contributed by atoms with Crippen LogP contribution in [0.2, 0.25) is 0 Å². The Morgan fingerprint density at radius 2 is 1.71 bits per heavy atom. The zero-order chi connectivity index (χ0) is 15.9. The molecule has 21 heavy (non-hydrogen) atoms. The van der Waals surface area contributed by atoms with Gasteiger partial charge in [0.25, 0.3) is 0 Å². The topological polar surface area (TPSA) is 84.2 Å². The molecular weight excluding hydrogens is 266 g/mol. The van der Waals surface area contributed by atoms with Gasteiger partial charge in [0.1, 0.15) is 0 Å². The molecule has 1 aromatic rings. The van der Waals surface area contributed by atoms with Crippen molar-refractivity contribution in [3.05, 3.63) is 35.9 Å². The number of hydrogen-bond donors (Lipinski definition) is 3. The normalized spacial score (nSPS) is 12.6. The van der Waals surface area contributed by atoms with Gasteiger partial charge in [0.2, 0.25) is 11.8 Å². The molecule has 1 atom stereocenters. The minimum Gasteiger partial charge on any atom is -0.353 e. The smallest absolute Gasteiger partial charge is 0.239 e. The van der Waals surface area contributed by atoms with E-state index in [1.165, 1.54) is 0 Å². The maximum atomic E-state index is 11.7. The molecule has 0 heterocycles. The van der Waals surface area contributed by atoms with Crippen LogP contribution >= 0.6 is 0 Å². The van der Waals surface area contributed by atoms with Crippen LogP contribution < -0.4 is 16.4 Å². The first-order valence-corrected chi connectivity index (χ1v) is 7.12. The van der Waals surface area contributed by atoms with Gasteiger partial charge in [-0.1, -0.05) is 51.1 Å². The van der Waals surface area contributed by atoms with Gasteiger partial charge in [-0.3, -0.25) is 9.59 Å². The van der Waals surface area contributed by atoms with E-state index in [1.807, 2.05) is 51.1 Å². The van der Waals surface area contributed by atoms with Crippen molar-refractivity contribution in [1.82, 2.24) is 10.6 Å². The molecule has 0 aliphatic rings. The van der Waals surface area contributed by atoms with Gasteiger partial charge in [0, 0.05) is 19.0 Å². The van der Waals surface area contributed by atoms with E-state index in [1.54, 1.807) is 0 Å². The molecule has 116 valence electrons. The van der Waals surface area contributed by atoms with E-state index in [9.17, 15) is 9.59 Å². The fourth-order valence-electron chi connectivity index (χ4n) is 1.83. The van der Waals surface area contributed by atoms with Crippen LogP contribution in [0.4, 0.5) is 0 Å². The molecule has 5 nitrogen and oxygen atoms in total. The molecule has 0 radical (unpaired) electrons. The minimum atomic E-state index is -0.250. The number of hydrogen-bond acceptors (Lipinski definition) is 3. The van der Waals surface area contributed by atoms with Crippen LogP contribution in [0.25, 0.3) is 0 Å². The molecule has 2 amide bonds. The van der Waals surface area contributed by atoms with Gasteiger partial charge in [-0.05, 0) is 11.0 Å². The molecule has 1 unspecified atom stereocenters. The second-order valence-electron chi connectivity index (χ2n) is 6.34. The standard InChI is InChI=1S/C16H25N3O2/c1-16(2,3)9-14(20)19-11-15(21)18-10-13(17)12-7-5-4-6-8-12/h4-8,13H,9-11,17H2,1-3H3,(H,18,21)(H,19,20). The average molecular weight is 291 g/mol. The Morgan fingerprint density at radius 3 is 2.29 bits per heavy atom. The Balaban J connectivity index is 2.27. The van der Waals surface area contributed by atoms with Crippen LogP contribution in [0, 0.1) is 5.41 Å². The molecule has 1 aromatic carbocycles. The molecule has 5 heteroatoms. The summed E-state index contributed by atoms with van der Waals surface area (Å²) in [7, 11) is 0. The Hall–Kier alpha value is -1.88. The number of rotatable bonds is 6. The first-order chi connectivity index (χ1) is 9.78. The molecule has 1 rings (SSSR count). The van der Waals surface area contributed by atoms with Gasteiger partial charge < -0.3 is 16.4 Å². The summed E-state index contributed by atoms with van der Waals surface area (Å²) >= 11 is 0. The molecular formula is C16H25N3O2.